The number of pyridine rings is 2. The van der Waals surface area contributed by atoms with Crippen LogP contribution in [-0.4, -0.2) is 9.97 Å². The van der Waals surface area contributed by atoms with Gasteiger partial charge >= 0.3 is 0 Å². The fraction of sp³-hybridized carbons (Fsp3) is 0.0213. The Bertz CT molecular complexity index is 2900. The normalized spacial score (nSPS) is 13.6. The summed E-state index contributed by atoms with van der Waals surface area (Å²) in [5.41, 5.74) is 19.0. The molecule has 0 bridgehead atoms. The average molecular weight is 651 g/mol. The number of nitrogens with zero attached hydrogens (tertiary/aromatic N) is 2. The molecule has 236 valence electrons. The molecule has 0 aliphatic heterocycles. The van der Waals surface area contributed by atoms with Gasteiger partial charge in [-0.1, -0.05) is 97.1 Å². The minimum Gasteiger partial charge on any atom is -0.454 e. The van der Waals surface area contributed by atoms with Gasteiger partial charge in [-0.2, -0.15) is 0 Å². The topological polar surface area (TPSA) is 52.1 Å². The first kappa shape index (κ1) is 27.1. The van der Waals surface area contributed by atoms with E-state index in [-0.39, 0.29) is 0 Å². The monoisotopic (exact) mass is 650 g/mol. The zero-order chi connectivity index (χ0) is 33.3. The summed E-state index contributed by atoms with van der Waals surface area (Å²) in [5, 5.41) is 2.06. The van der Waals surface area contributed by atoms with Crippen molar-refractivity contribution < 1.29 is 8.83 Å². The van der Waals surface area contributed by atoms with Crippen LogP contribution < -0.4 is 0 Å². The van der Waals surface area contributed by atoms with Gasteiger partial charge in [-0.25, -0.2) is 0 Å². The average Bonchev–Trinajstić information content (AvgIpc) is 3.92. The molecule has 2 aliphatic carbocycles. The number of hydrogen-bond acceptors (Lipinski definition) is 4. The first-order valence-electron chi connectivity index (χ1n) is 17.3. The smallest absolute Gasteiger partial charge is 0.161 e. The van der Waals surface area contributed by atoms with Gasteiger partial charge < -0.3 is 8.83 Å². The zero-order valence-electron chi connectivity index (χ0n) is 27.2. The molecule has 10 aromatic rings. The van der Waals surface area contributed by atoms with E-state index in [0.717, 1.165) is 66.4 Å². The lowest BCUT2D eigenvalue weighted by Crippen LogP contribution is -2.26. The first-order valence-corrected chi connectivity index (χ1v) is 17.3. The second kappa shape index (κ2) is 9.68. The van der Waals surface area contributed by atoms with Crippen molar-refractivity contribution in [2.45, 2.75) is 5.41 Å². The highest BCUT2D eigenvalue weighted by Gasteiger charge is 2.51. The molecular formula is C47H26N2O2. The van der Waals surface area contributed by atoms with Crippen molar-refractivity contribution in [3.8, 4) is 44.5 Å². The van der Waals surface area contributed by atoms with E-state index in [1.165, 1.54) is 44.5 Å². The van der Waals surface area contributed by atoms with Gasteiger partial charge in [0.25, 0.3) is 0 Å². The number of hydrogen-bond donors (Lipinski definition) is 0. The summed E-state index contributed by atoms with van der Waals surface area (Å²) >= 11 is 0. The lowest BCUT2D eigenvalue weighted by molar-refractivity contribution is 0.669. The summed E-state index contributed by atoms with van der Waals surface area (Å²) in [6.07, 6.45) is 3.80. The van der Waals surface area contributed by atoms with Crippen LogP contribution in [0.25, 0.3) is 88.6 Å². The summed E-state index contributed by atoms with van der Waals surface area (Å²) in [5.74, 6) is 0. The molecule has 4 aromatic heterocycles. The Labute approximate surface area is 292 Å². The molecule has 51 heavy (non-hydrogen) atoms. The van der Waals surface area contributed by atoms with E-state index in [1.807, 2.05) is 48.8 Å². The van der Waals surface area contributed by atoms with Gasteiger partial charge in [0.1, 0.15) is 22.2 Å². The molecule has 2 aliphatic rings. The van der Waals surface area contributed by atoms with E-state index in [9.17, 15) is 0 Å². The molecule has 12 rings (SSSR count). The molecule has 1 spiro atoms. The highest BCUT2D eigenvalue weighted by atomic mass is 16.3. The van der Waals surface area contributed by atoms with Gasteiger partial charge in [-0.15, -0.1) is 0 Å². The fourth-order valence-corrected chi connectivity index (χ4v) is 9.14. The molecular weight excluding hydrogens is 625 g/mol. The van der Waals surface area contributed by atoms with E-state index < -0.39 is 5.41 Å². The second-order valence-corrected chi connectivity index (χ2v) is 13.6. The SMILES string of the molecule is c1ccc2c(c1)-c1ccccc1C21c2cc(-c3ccnc4c3oc3ccccc34)ccc2-c2ccc(-c3ccnc4c3oc3ccccc34)cc21. The van der Waals surface area contributed by atoms with E-state index in [0.29, 0.717) is 0 Å². The van der Waals surface area contributed by atoms with Crippen molar-refractivity contribution in [2.24, 2.45) is 0 Å². The predicted molar refractivity (Wildman–Crippen MR) is 204 cm³/mol. The van der Waals surface area contributed by atoms with Crippen LogP contribution in [0.5, 0.6) is 0 Å². The predicted octanol–water partition coefficient (Wildman–Crippen LogP) is 12.0. The summed E-state index contributed by atoms with van der Waals surface area (Å²) in [6.45, 7) is 0. The molecule has 4 heterocycles. The van der Waals surface area contributed by atoms with Crippen LogP contribution in [0, 0.1) is 0 Å². The fourth-order valence-electron chi connectivity index (χ4n) is 9.14. The van der Waals surface area contributed by atoms with Crippen molar-refractivity contribution in [1.29, 1.82) is 0 Å². The van der Waals surface area contributed by atoms with Gasteiger partial charge in [0, 0.05) is 34.3 Å². The Hall–Kier alpha value is -6.78. The lowest BCUT2D eigenvalue weighted by atomic mass is 9.70. The summed E-state index contributed by atoms with van der Waals surface area (Å²) in [7, 11) is 0. The molecule has 0 atom stereocenters. The minimum atomic E-state index is -0.524. The van der Waals surface area contributed by atoms with Crippen molar-refractivity contribution in [2.75, 3.05) is 0 Å². The van der Waals surface area contributed by atoms with Gasteiger partial charge in [0.2, 0.25) is 0 Å². The van der Waals surface area contributed by atoms with Gasteiger partial charge in [-0.3, -0.25) is 9.97 Å². The summed E-state index contributed by atoms with van der Waals surface area (Å²) in [6, 6.07) is 52.2. The molecule has 0 amide bonds. The second-order valence-electron chi connectivity index (χ2n) is 13.6. The largest absolute Gasteiger partial charge is 0.454 e. The molecule has 0 fully saturated rings. The van der Waals surface area contributed by atoms with E-state index >= 15 is 0 Å². The van der Waals surface area contributed by atoms with Crippen molar-refractivity contribution >= 4 is 44.1 Å². The van der Waals surface area contributed by atoms with Crippen LogP contribution in [0.15, 0.2) is 167 Å². The maximum Gasteiger partial charge on any atom is 0.161 e. The Morgan fingerprint density at radius 3 is 1.31 bits per heavy atom. The van der Waals surface area contributed by atoms with Crippen molar-refractivity contribution in [3.63, 3.8) is 0 Å². The van der Waals surface area contributed by atoms with E-state index in [1.54, 1.807) is 0 Å². The quantitative estimate of drug-likeness (QED) is 0.187. The molecule has 0 radical (unpaired) electrons. The number of para-hydroxylation sites is 2. The number of fused-ring (bicyclic) bond motifs is 16. The summed E-state index contributed by atoms with van der Waals surface area (Å²) < 4.78 is 13.0. The molecule has 6 aromatic carbocycles. The lowest BCUT2D eigenvalue weighted by Gasteiger charge is -2.31. The number of rotatable bonds is 2. The number of aromatic nitrogens is 2. The standard InChI is InChI=1S/C47H26N2O2/c1-5-13-37-31(9-1)32-10-2-6-14-38(32)47(37)39-25-27(29-21-23-48-43-35-11-3-7-15-41(35)50-45(29)43)17-19-33(39)34-20-18-28(26-40(34)47)30-22-24-49-44-36-12-4-8-16-42(36)51-46(30)44/h1-26H. The molecule has 4 heteroatoms. The van der Waals surface area contributed by atoms with E-state index in [4.69, 9.17) is 18.8 Å². The third-order valence-electron chi connectivity index (χ3n) is 11.2. The highest BCUT2D eigenvalue weighted by molar-refractivity contribution is 6.09. The van der Waals surface area contributed by atoms with Crippen molar-refractivity contribution in [1.82, 2.24) is 9.97 Å². The third kappa shape index (κ3) is 3.39. The molecule has 0 unspecified atom stereocenters. The van der Waals surface area contributed by atoms with Crippen LogP contribution in [0.1, 0.15) is 22.3 Å². The van der Waals surface area contributed by atoms with Crippen LogP contribution in [0.4, 0.5) is 0 Å². The molecule has 0 saturated carbocycles. The van der Waals surface area contributed by atoms with Gasteiger partial charge in [0.15, 0.2) is 11.2 Å². The van der Waals surface area contributed by atoms with E-state index in [2.05, 4.69) is 109 Å². The Kier molecular flexibility index (Phi) is 5.14. The molecule has 4 nitrogen and oxygen atoms in total. The summed E-state index contributed by atoms with van der Waals surface area (Å²) in [4.78, 5) is 9.52. The highest BCUT2D eigenvalue weighted by Crippen LogP contribution is 2.63. The first-order chi connectivity index (χ1) is 25.3. The third-order valence-corrected chi connectivity index (χ3v) is 11.2. The molecule has 0 saturated heterocycles. The van der Waals surface area contributed by atoms with Crippen LogP contribution in [-0.2, 0) is 5.41 Å². The number of benzene rings is 6. The van der Waals surface area contributed by atoms with Crippen LogP contribution >= 0.6 is 0 Å². The Morgan fingerprint density at radius 2 is 0.804 bits per heavy atom. The minimum absolute atomic E-state index is 0.524. The zero-order valence-corrected chi connectivity index (χ0v) is 27.2. The Balaban J connectivity index is 1.15. The number of furan rings is 2. The van der Waals surface area contributed by atoms with Crippen LogP contribution in [0.3, 0.4) is 0 Å². The van der Waals surface area contributed by atoms with Crippen molar-refractivity contribution in [3.05, 3.63) is 180 Å². The van der Waals surface area contributed by atoms with Gasteiger partial charge in [0.05, 0.1) is 5.41 Å². The maximum atomic E-state index is 6.49. The van der Waals surface area contributed by atoms with Crippen LogP contribution in [0.2, 0.25) is 0 Å². The maximum absolute atomic E-state index is 6.49. The Morgan fingerprint density at radius 1 is 0.373 bits per heavy atom. The van der Waals surface area contributed by atoms with Gasteiger partial charge in [-0.05, 0) is 104 Å². The molecule has 0 N–H and O–H groups in total.